The number of carbonyl (C=O) groups excluding carboxylic acids is 1. The minimum absolute atomic E-state index is 0.0431. The molecule has 1 atom stereocenters. The van der Waals surface area contributed by atoms with Crippen molar-refractivity contribution in [3.05, 3.63) is 29.3 Å². The van der Waals surface area contributed by atoms with Crippen LogP contribution in [0.4, 0.5) is 13.2 Å². The third kappa shape index (κ3) is 4.21. The number of rotatable bonds is 4. The summed E-state index contributed by atoms with van der Waals surface area (Å²) >= 11 is 5.72. The van der Waals surface area contributed by atoms with E-state index in [0.717, 1.165) is 5.56 Å². The number of hydrogen-bond acceptors (Lipinski definition) is 2. The predicted octanol–water partition coefficient (Wildman–Crippen LogP) is 4.73. The Hall–Kier alpha value is -0.680. The molecule has 0 saturated carbocycles. The van der Waals surface area contributed by atoms with Crippen LogP contribution in [0.25, 0.3) is 0 Å². The van der Waals surface area contributed by atoms with E-state index < -0.39 is 10.9 Å². The summed E-state index contributed by atoms with van der Waals surface area (Å²) in [5.74, 6) is -0.277. The van der Waals surface area contributed by atoms with Gasteiger partial charge in [-0.3, -0.25) is 4.79 Å². The van der Waals surface area contributed by atoms with E-state index in [1.807, 2.05) is 6.92 Å². The molecule has 0 aliphatic carbocycles. The van der Waals surface area contributed by atoms with Crippen LogP contribution in [0.3, 0.4) is 0 Å². The van der Waals surface area contributed by atoms with Crippen molar-refractivity contribution >= 4 is 29.1 Å². The fraction of sp³-hybridized carbons (Fsp3) is 0.417. The Kier molecular flexibility index (Phi) is 5.10. The van der Waals surface area contributed by atoms with Crippen LogP contribution in [-0.2, 0) is 11.2 Å². The van der Waals surface area contributed by atoms with E-state index in [9.17, 15) is 18.0 Å². The van der Waals surface area contributed by atoms with Gasteiger partial charge in [0.1, 0.15) is 5.38 Å². The van der Waals surface area contributed by atoms with Crippen LogP contribution < -0.4 is 0 Å². The number of alkyl halides is 4. The van der Waals surface area contributed by atoms with Gasteiger partial charge >= 0.3 is 5.51 Å². The van der Waals surface area contributed by atoms with Crippen molar-refractivity contribution < 1.29 is 18.0 Å². The SMILES string of the molecule is CCc1ccc(SC(F)(F)F)cc1C(Cl)C(C)=O. The lowest BCUT2D eigenvalue weighted by Gasteiger charge is -2.14. The van der Waals surface area contributed by atoms with E-state index in [2.05, 4.69) is 0 Å². The number of aryl methyl sites for hydroxylation is 1. The molecule has 1 aromatic carbocycles. The van der Waals surface area contributed by atoms with Crippen LogP contribution in [0.15, 0.2) is 23.1 Å². The molecule has 0 aliphatic heterocycles. The highest BCUT2D eigenvalue weighted by atomic mass is 35.5. The average Bonchev–Trinajstić information content (AvgIpc) is 2.25. The Bertz CT molecular complexity index is 445. The highest BCUT2D eigenvalue weighted by Crippen LogP contribution is 2.39. The van der Waals surface area contributed by atoms with Crippen LogP contribution in [0.1, 0.15) is 30.4 Å². The van der Waals surface area contributed by atoms with E-state index in [1.54, 1.807) is 6.07 Å². The lowest BCUT2D eigenvalue weighted by Crippen LogP contribution is -2.06. The van der Waals surface area contributed by atoms with Crippen LogP contribution in [0.2, 0.25) is 0 Å². The molecule has 1 nitrogen and oxygen atoms in total. The Morgan fingerprint density at radius 1 is 1.44 bits per heavy atom. The molecular formula is C12H12ClF3OS. The number of thioether (sulfide) groups is 1. The molecule has 0 aromatic heterocycles. The Morgan fingerprint density at radius 3 is 2.50 bits per heavy atom. The van der Waals surface area contributed by atoms with Crippen molar-refractivity contribution in [2.75, 3.05) is 0 Å². The summed E-state index contributed by atoms with van der Waals surface area (Å²) in [6, 6.07) is 4.32. The predicted molar refractivity (Wildman–Crippen MR) is 67.0 cm³/mol. The molecule has 100 valence electrons. The molecule has 0 saturated heterocycles. The minimum atomic E-state index is -4.34. The first kappa shape index (κ1) is 15.4. The third-order valence-corrected chi connectivity index (χ3v) is 3.63. The largest absolute Gasteiger partial charge is 0.446 e. The molecule has 18 heavy (non-hydrogen) atoms. The highest BCUT2D eigenvalue weighted by molar-refractivity contribution is 8.00. The molecular weight excluding hydrogens is 285 g/mol. The average molecular weight is 297 g/mol. The lowest BCUT2D eigenvalue weighted by molar-refractivity contribution is -0.116. The Balaban J connectivity index is 3.13. The van der Waals surface area contributed by atoms with Crippen LogP contribution in [-0.4, -0.2) is 11.3 Å². The van der Waals surface area contributed by atoms with Gasteiger partial charge in [-0.2, -0.15) is 13.2 Å². The van der Waals surface area contributed by atoms with Crippen molar-refractivity contribution in [3.8, 4) is 0 Å². The lowest BCUT2D eigenvalue weighted by atomic mass is 10.0. The van der Waals surface area contributed by atoms with Crippen LogP contribution in [0.5, 0.6) is 0 Å². The molecule has 0 fully saturated rings. The first-order valence-corrected chi connectivity index (χ1v) is 6.53. The molecule has 1 unspecified atom stereocenters. The number of halogens is 4. The molecule has 1 aromatic rings. The maximum Gasteiger partial charge on any atom is 0.446 e. The summed E-state index contributed by atoms with van der Waals surface area (Å²) in [4.78, 5) is 11.3. The van der Waals surface area contributed by atoms with Gasteiger partial charge in [-0.1, -0.05) is 13.0 Å². The molecule has 0 radical (unpaired) electrons. The molecule has 0 aliphatic rings. The number of hydrogen-bond donors (Lipinski definition) is 0. The van der Waals surface area contributed by atoms with Gasteiger partial charge in [-0.25, -0.2) is 0 Å². The van der Waals surface area contributed by atoms with Crippen molar-refractivity contribution in [3.63, 3.8) is 0 Å². The van der Waals surface area contributed by atoms with E-state index in [1.165, 1.54) is 19.1 Å². The normalized spacial score (nSPS) is 13.4. The summed E-state index contributed by atoms with van der Waals surface area (Å²) in [5, 5.41) is -0.895. The van der Waals surface area contributed by atoms with Crippen LogP contribution >= 0.6 is 23.4 Å². The summed E-state index contributed by atoms with van der Waals surface area (Å²) < 4.78 is 36.8. The van der Waals surface area contributed by atoms with Gasteiger partial charge in [0.25, 0.3) is 0 Å². The molecule has 0 N–H and O–H groups in total. The summed E-state index contributed by atoms with van der Waals surface area (Å²) in [6.07, 6.45) is 0.614. The maximum absolute atomic E-state index is 12.3. The molecule has 1 rings (SSSR count). The van der Waals surface area contributed by atoms with Crippen molar-refractivity contribution in [1.29, 1.82) is 0 Å². The zero-order chi connectivity index (χ0) is 13.9. The Morgan fingerprint density at radius 2 is 2.06 bits per heavy atom. The molecule has 0 bridgehead atoms. The van der Waals surface area contributed by atoms with Gasteiger partial charge in [0.15, 0.2) is 5.78 Å². The van der Waals surface area contributed by atoms with Crippen molar-refractivity contribution in [2.45, 2.75) is 36.0 Å². The summed E-state index contributed by atoms with van der Waals surface area (Å²) in [6.45, 7) is 3.18. The molecule has 6 heteroatoms. The second-order valence-corrected chi connectivity index (χ2v) is 5.31. The van der Waals surface area contributed by atoms with Gasteiger partial charge in [0, 0.05) is 4.90 Å². The van der Waals surface area contributed by atoms with E-state index in [-0.39, 0.29) is 22.4 Å². The van der Waals surface area contributed by atoms with Gasteiger partial charge in [-0.15, -0.1) is 11.6 Å². The van der Waals surface area contributed by atoms with E-state index >= 15 is 0 Å². The standard InChI is InChI=1S/C12H12ClF3OS/c1-3-8-4-5-9(18-12(14,15)16)6-10(8)11(13)7(2)17/h4-6,11H,3H2,1-2H3. The maximum atomic E-state index is 12.3. The van der Waals surface area contributed by atoms with Crippen molar-refractivity contribution in [1.82, 2.24) is 0 Å². The second kappa shape index (κ2) is 5.97. The number of carbonyl (C=O) groups is 1. The molecule has 0 amide bonds. The summed E-state index contributed by atoms with van der Waals surface area (Å²) in [7, 11) is 0. The van der Waals surface area contributed by atoms with E-state index in [0.29, 0.717) is 12.0 Å². The van der Waals surface area contributed by atoms with Gasteiger partial charge in [0.05, 0.1) is 0 Å². The van der Waals surface area contributed by atoms with Crippen LogP contribution in [0, 0.1) is 0 Å². The smallest absolute Gasteiger partial charge is 0.298 e. The number of Topliss-reactive ketones (excluding diaryl/α,β-unsaturated/α-hetero) is 1. The molecule has 0 heterocycles. The van der Waals surface area contributed by atoms with Gasteiger partial charge in [-0.05, 0) is 48.4 Å². The number of ketones is 1. The minimum Gasteiger partial charge on any atom is -0.298 e. The fourth-order valence-corrected chi connectivity index (χ4v) is 2.34. The van der Waals surface area contributed by atoms with Crippen molar-refractivity contribution in [2.24, 2.45) is 0 Å². The zero-order valence-electron chi connectivity index (χ0n) is 9.84. The van der Waals surface area contributed by atoms with Gasteiger partial charge in [0.2, 0.25) is 0 Å². The zero-order valence-corrected chi connectivity index (χ0v) is 11.4. The highest BCUT2D eigenvalue weighted by Gasteiger charge is 2.30. The Labute approximate surface area is 113 Å². The fourth-order valence-electron chi connectivity index (χ4n) is 1.55. The topological polar surface area (TPSA) is 17.1 Å². The third-order valence-electron chi connectivity index (χ3n) is 2.36. The second-order valence-electron chi connectivity index (χ2n) is 3.74. The quantitative estimate of drug-likeness (QED) is 0.590. The van der Waals surface area contributed by atoms with Gasteiger partial charge < -0.3 is 0 Å². The first-order chi connectivity index (χ1) is 8.24. The summed E-state index contributed by atoms with van der Waals surface area (Å²) in [5.41, 5.74) is -3.10. The monoisotopic (exact) mass is 296 g/mol. The molecule has 0 spiro atoms. The number of benzene rings is 1. The van der Waals surface area contributed by atoms with E-state index in [4.69, 9.17) is 11.6 Å². The first-order valence-electron chi connectivity index (χ1n) is 5.27.